The molecule has 1 aromatic heterocycles. The molecule has 2 fully saturated rings. The van der Waals surface area contributed by atoms with Crippen molar-refractivity contribution in [3.63, 3.8) is 0 Å². The van der Waals surface area contributed by atoms with Crippen LogP contribution in [0.5, 0.6) is 0 Å². The Morgan fingerprint density at radius 2 is 2.11 bits per heavy atom. The number of hydrogen-bond acceptors (Lipinski definition) is 7. The fourth-order valence-electron chi connectivity index (χ4n) is 4.58. The summed E-state index contributed by atoms with van der Waals surface area (Å²) in [5, 5.41) is 16.0. The largest absolute Gasteiger partial charge is 0.379 e. The normalized spacial score (nSPS) is 25.7. The highest BCUT2D eigenvalue weighted by Crippen LogP contribution is 2.31. The van der Waals surface area contributed by atoms with Crippen LogP contribution < -0.4 is 10.9 Å². The van der Waals surface area contributed by atoms with E-state index >= 15 is 0 Å². The smallest absolute Gasteiger partial charge is 0.287 e. The number of halogens is 2. The summed E-state index contributed by atoms with van der Waals surface area (Å²) in [7, 11) is -3.76. The van der Waals surface area contributed by atoms with Crippen LogP contribution in [0, 0.1) is 11.3 Å². The fraction of sp³-hybridized carbons (Fsp3) is 0.522. The molecule has 188 valence electrons. The van der Waals surface area contributed by atoms with Gasteiger partial charge in [-0.15, -0.1) is 0 Å². The number of sulfonamides is 1. The molecule has 2 aliphatic rings. The lowest BCUT2D eigenvalue weighted by atomic mass is 9.99. The van der Waals surface area contributed by atoms with Crippen molar-refractivity contribution in [2.75, 3.05) is 31.6 Å². The summed E-state index contributed by atoms with van der Waals surface area (Å²) in [6, 6.07) is 7.03. The van der Waals surface area contributed by atoms with E-state index in [1.54, 1.807) is 6.92 Å². The van der Waals surface area contributed by atoms with Crippen LogP contribution in [0.2, 0.25) is 5.02 Å². The van der Waals surface area contributed by atoms with Gasteiger partial charge in [0.05, 0.1) is 47.6 Å². The molecule has 12 heteroatoms. The predicted molar refractivity (Wildman–Crippen MR) is 129 cm³/mol. The summed E-state index contributed by atoms with van der Waals surface area (Å²) in [6.07, 6.45) is 3.14. The van der Waals surface area contributed by atoms with E-state index in [-0.39, 0.29) is 41.3 Å². The van der Waals surface area contributed by atoms with Crippen LogP contribution in [-0.2, 0) is 14.8 Å². The Bertz CT molecular complexity index is 1270. The Morgan fingerprint density at radius 3 is 2.74 bits per heavy atom. The third kappa shape index (κ3) is 5.35. The monoisotopic (exact) mass is 523 g/mol. The van der Waals surface area contributed by atoms with Gasteiger partial charge in [-0.2, -0.15) is 14.7 Å². The van der Waals surface area contributed by atoms with Crippen LogP contribution in [0.3, 0.4) is 0 Å². The lowest BCUT2D eigenvalue weighted by Crippen LogP contribution is -2.46. The van der Waals surface area contributed by atoms with Gasteiger partial charge in [0.25, 0.3) is 5.56 Å². The molecule has 1 N–H and O–H groups in total. The van der Waals surface area contributed by atoms with E-state index in [1.165, 1.54) is 39.4 Å². The SMILES string of the molecule is C[C@@H]1C[C@H](n2ncc(NC[C@@]3(F)CCCOC3)c(Cl)c2=O)CCN1S(=O)(=O)c1ccc(C#N)cc1. The Morgan fingerprint density at radius 1 is 1.37 bits per heavy atom. The third-order valence-electron chi connectivity index (χ3n) is 6.54. The minimum atomic E-state index is -3.76. The number of nitrogens with zero attached hydrogens (tertiary/aromatic N) is 4. The van der Waals surface area contributed by atoms with E-state index in [2.05, 4.69) is 10.4 Å². The van der Waals surface area contributed by atoms with Crippen molar-refractivity contribution >= 4 is 27.3 Å². The van der Waals surface area contributed by atoms with Gasteiger partial charge in [0.2, 0.25) is 10.0 Å². The number of anilines is 1. The van der Waals surface area contributed by atoms with Gasteiger partial charge >= 0.3 is 0 Å². The number of piperidine rings is 1. The van der Waals surface area contributed by atoms with Crippen molar-refractivity contribution in [2.45, 2.75) is 55.3 Å². The van der Waals surface area contributed by atoms with Crippen LogP contribution in [0.15, 0.2) is 40.2 Å². The average molecular weight is 524 g/mol. The number of rotatable bonds is 6. The van der Waals surface area contributed by atoms with Crippen LogP contribution in [0.25, 0.3) is 0 Å². The minimum Gasteiger partial charge on any atom is -0.379 e. The first kappa shape index (κ1) is 25.6. The van der Waals surface area contributed by atoms with E-state index < -0.39 is 27.3 Å². The van der Waals surface area contributed by atoms with Gasteiger partial charge in [0.15, 0.2) is 5.67 Å². The Hall–Kier alpha value is -2.52. The summed E-state index contributed by atoms with van der Waals surface area (Å²) in [5.41, 5.74) is -1.40. The van der Waals surface area contributed by atoms with Gasteiger partial charge in [-0.3, -0.25) is 4.79 Å². The molecule has 35 heavy (non-hydrogen) atoms. The first-order valence-electron chi connectivity index (χ1n) is 11.4. The van der Waals surface area contributed by atoms with Crippen LogP contribution in [0.4, 0.5) is 10.1 Å². The summed E-state index contributed by atoms with van der Waals surface area (Å²) in [5.74, 6) is 0. The summed E-state index contributed by atoms with van der Waals surface area (Å²) in [6.45, 7) is 2.47. The zero-order chi connectivity index (χ0) is 25.2. The second-order valence-electron chi connectivity index (χ2n) is 9.06. The zero-order valence-electron chi connectivity index (χ0n) is 19.3. The molecule has 9 nitrogen and oxygen atoms in total. The number of ether oxygens (including phenoxy) is 1. The first-order chi connectivity index (χ1) is 16.6. The highest BCUT2D eigenvalue weighted by atomic mass is 35.5. The summed E-state index contributed by atoms with van der Waals surface area (Å²) in [4.78, 5) is 13.1. The number of aromatic nitrogens is 2. The fourth-order valence-corrected chi connectivity index (χ4v) is 6.44. The molecule has 2 aromatic rings. The van der Waals surface area contributed by atoms with E-state index in [1.807, 2.05) is 6.07 Å². The van der Waals surface area contributed by atoms with Crippen molar-refractivity contribution < 1.29 is 17.5 Å². The highest BCUT2D eigenvalue weighted by molar-refractivity contribution is 7.89. The third-order valence-corrected chi connectivity index (χ3v) is 8.93. The average Bonchev–Trinajstić information content (AvgIpc) is 2.85. The molecular weight excluding hydrogens is 497 g/mol. The Labute approximate surface area is 208 Å². The predicted octanol–water partition coefficient (Wildman–Crippen LogP) is 3.11. The molecule has 0 aliphatic carbocycles. The standard InChI is InChI=1S/C23H27ClFN5O4S/c1-16-11-18(7-9-29(16)35(32,33)19-5-3-17(12-26)4-6-19)30-22(31)21(24)20(13-28-30)27-14-23(25)8-2-10-34-15-23/h3-6,13,16,18,27H,2,7-11,14-15H2,1H3/t16-,18-,23+/m1/s1. The van der Waals surface area contributed by atoms with Crippen LogP contribution >= 0.6 is 11.6 Å². The molecule has 0 radical (unpaired) electrons. The van der Waals surface area contributed by atoms with E-state index in [4.69, 9.17) is 21.6 Å². The van der Waals surface area contributed by atoms with E-state index in [0.29, 0.717) is 37.9 Å². The van der Waals surface area contributed by atoms with Gasteiger partial charge in [-0.1, -0.05) is 11.6 Å². The van der Waals surface area contributed by atoms with Gasteiger partial charge in [-0.05, 0) is 56.9 Å². The molecule has 0 saturated carbocycles. The summed E-state index contributed by atoms with van der Waals surface area (Å²) < 4.78 is 48.9. The molecule has 0 amide bonds. The first-order valence-corrected chi connectivity index (χ1v) is 13.3. The van der Waals surface area contributed by atoms with Crippen LogP contribution in [-0.4, -0.2) is 60.5 Å². The molecular formula is C23H27ClFN5O4S. The molecule has 3 heterocycles. The molecule has 2 aliphatic heterocycles. The number of benzene rings is 1. The topological polar surface area (TPSA) is 117 Å². The van der Waals surface area contributed by atoms with Crippen molar-refractivity contribution in [1.82, 2.24) is 14.1 Å². The lowest BCUT2D eigenvalue weighted by Gasteiger charge is -2.36. The Balaban J connectivity index is 1.45. The lowest BCUT2D eigenvalue weighted by molar-refractivity contribution is -0.0234. The maximum absolute atomic E-state index is 14.8. The van der Waals surface area contributed by atoms with Crippen LogP contribution in [0.1, 0.15) is 44.2 Å². The van der Waals surface area contributed by atoms with E-state index in [0.717, 1.165) is 0 Å². The quantitative estimate of drug-likeness (QED) is 0.618. The molecule has 3 atom stereocenters. The van der Waals surface area contributed by atoms with Gasteiger partial charge in [0, 0.05) is 19.2 Å². The van der Waals surface area contributed by atoms with Crippen molar-refractivity contribution in [2.24, 2.45) is 0 Å². The maximum atomic E-state index is 14.8. The summed E-state index contributed by atoms with van der Waals surface area (Å²) >= 11 is 6.30. The number of nitriles is 1. The van der Waals surface area contributed by atoms with Crippen molar-refractivity contribution in [3.8, 4) is 6.07 Å². The van der Waals surface area contributed by atoms with Gasteiger partial charge in [0.1, 0.15) is 5.02 Å². The highest BCUT2D eigenvalue weighted by Gasteiger charge is 2.36. The Kier molecular flexibility index (Phi) is 7.47. The van der Waals surface area contributed by atoms with Crippen molar-refractivity contribution in [1.29, 1.82) is 5.26 Å². The van der Waals surface area contributed by atoms with Gasteiger partial charge < -0.3 is 10.1 Å². The van der Waals surface area contributed by atoms with Gasteiger partial charge in [-0.25, -0.2) is 17.5 Å². The molecule has 2 saturated heterocycles. The number of alkyl halides is 1. The maximum Gasteiger partial charge on any atom is 0.287 e. The number of hydrogen-bond donors (Lipinski definition) is 1. The van der Waals surface area contributed by atoms with E-state index in [9.17, 15) is 17.6 Å². The second kappa shape index (κ2) is 10.2. The molecule has 4 rings (SSSR count). The van der Waals surface area contributed by atoms with Crippen molar-refractivity contribution in [3.05, 3.63) is 51.4 Å². The zero-order valence-corrected chi connectivity index (χ0v) is 20.9. The molecule has 0 bridgehead atoms. The molecule has 0 unspecified atom stereocenters. The molecule has 1 aromatic carbocycles. The molecule has 0 spiro atoms. The second-order valence-corrected chi connectivity index (χ2v) is 11.3. The number of nitrogens with one attached hydrogen (secondary N) is 1. The minimum absolute atomic E-state index is 0.00997.